The number of hydrogen-bond donors (Lipinski definition) is 1. The van der Waals surface area contributed by atoms with Gasteiger partial charge >= 0.3 is 0 Å². The van der Waals surface area contributed by atoms with Crippen LogP contribution in [0.15, 0.2) is 24.3 Å². The molecular formula is C16H26N2O2. The maximum atomic E-state index is 5.75. The number of hydrogen-bond acceptors (Lipinski definition) is 4. The Bertz CT molecular complexity index is 411. The van der Waals surface area contributed by atoms with Crippen LogP contribution in [-0.4, -0.2) is 50.9 Å². The fourth-order valence-electron chi connectivity index (χ4n) is 2.67. The van der Waals surface area contributed by atoms with Crippen LogP contribution in [0.4, 0.5) is 0 Å². The molecule has 20 heavy (non-hydrogen) atoms. The van der Waals surface area contributed by atoms with E-state index in [9.17, 15) is 0 Å². The minimum atomic E-state index is 0.276. The van der Waals surface area contributed by atoms with Gasteiger partial charge < -0.3 is 14.8 Å². The van der Waals surface area contributed by atoms with Gasteiger partial charge in [-0.1, -0.05) is 18.2 Å². The van der Waals surface area contributed by atoms with Gasteiger partial charge in [-0.3, -0.25) is 4.90 Å². The molecule has 1 N–H and O–H groups in total. The summed E-state index contributed by atoms with van der Waals surface area (Å²) in [6.07, 6.45) is 0. The monoisotopic (exact) mass is 278 g/mol. The second kappa shape index (κ2) is 7.62. The molecule has 0 amide bonds. The first-order chi connectivity index (χ1) is 9.76. The predicted molar refractivity (Wildman–Crippen MR) is 81.3 cm³/mol. The second-order valence-corrected chi connectivity index (χ2v) is 5.23. The summed E-state index contributed by atoms with van der Waals surface area (Å²) in [7, 11) is 2.01. The van der Waals surface area contributed by atoms with Crippen molar-refractivity contribution in [2.75, 3.05) is 40.0 Å². The third kappa shape index (κ3) is 3.72. The molecule has 0 saturated carbocycles. The van der Waals surface area contributed by atoms with Crippen LogP contribution in [0.25, 0.3) is 0 Å². The summed E-state index contributed by atoms with van der Waals surface area (Å²) in [4.78, 5) is 2.48. The lowest BCUT2D eigenvalue weighted by Gasteiger charge is -2.36. The van der Waals surface area contributed by atoms with Crippen LogP contribution in [0, 0.1) is 0 Å². The Balaban J connectivity index is 2.11. The molecule has 1 heterocycles. The lowest BCUT2D eigenvalue weighted by atomic mass is 10.0. The Morgan fingerprint density at radius 2 is 2.25 bits per heavy atom. The van der Waals surface area contributed by atoms with Crippen molar-refractivity contribution >= 4 is 0 Å². The van der Waals surface area contributed by atoms with Crippen molar-refractivity contribution < 1.29 is 9.47 Å². The van der Waals surface area contributed by atoms with Gasteiger partial charge in [0.05, 0.1) is 19.8 Å². The number of nitrogens with zero attached hydrogens (tertiary/aromatic N) is 1. The van der Waals surface area contributed by atoms with Crippen LogP contribution in [0.1, 0.15) is 25.5 Å². The SMILES string of the molecule is CCOc1ccccc1C(CN1CCOCC1C)NC. The van der Waals surface area contributed by atoms with Crippen molar-refractivity contribution in [2.45, 2.75) is 25.9 Å². The largest absolute Gasteiger partial charge is 0.494 e. The molecule has 4 heteroatoms. The highest BCUT2D eigenvalue weighted by atomic mass is 16.5. The molecule has 112 valence electrons. The second-order valence-electron chi connectivity index (χ2n) is 5.23. The molecule has 0 aliphatic carbocycles. The first kappa shape index (κ1) is 15.3. The van der Waals surface area contributed by atoms with Gasteiger partial charge in [0, 0.05) is 30.7 Å². The van der Waals surface area contributed by atoms with Gasteiger partial charge in [-0.05, 0) is 27.0 Å². The van der Waals surface area contributed by atoms with E-state index in [1.165, 1.54) is 5.56 Å². The zero-order chi connectivity index (χ0) is 14.4. The number of rotatable bonds is 6. The zero-order valence-electron chi connectivity index (χ0n) is 12.8. The van der Waals surface area contributed by atoms with E-state index >= 15 is 0 Å². The fraction of sp³-hybridized carbons (Fsp3) is 0.625. The third-order valence-electron chi connectivity index (χ3n) is 3.87. The lowest BCUT2D eigenvalue weighted by molar-refractivity contribution is -0.00426. The van der Waals surface area contributed by atoms with Crippen LogP contribution in [0.5, 0.6) is 5.75 Å². The van der Waals surface area contributed by atoms with Gasteiger partial charge in [-0.15, -0.1) is 0 Å². The number of benzene rings is 1. The van der Waals surface area contributed by atoms with Crippen LogP contribution < -0.4 is 10.1 Å². The average molecular weight is 278 g/mol. The first-order valence-electron chi connectivity index (χ1n) is 7.47. The molecule has 1 aromatic rings. The van der Waals surface area contributed by atoms with Gasteiger partial charge in [0.15, 0.2) is 0 Å². The van der Waals surface area contributed by atoms with Crippen molar-refractivity contribution in [1.82, 2.24) is 10.2 Å². The molecule has 1 fully saturated rings. The molecule has 0 bridgehead atoms. The van der Waals surface area contributed by atoms with Gasteiger partial charge in [0.1, 0.15) is 5.75 Å². The molecule has 1 saturated heterocycles. The van der Waals surface area contributed by atoms with Crippen LogP contribution in [0.2, 0.25) is 0 Å². The lowest BCUT2D eigenvalue weighted by Crippen LogP contribution is -2.47. The van der Waals surface area contributed by atoms with E-state index < -0.39 is 0 Å². The summed E-state index contributed by atoms with van der Waals surface area (Å²) >= 11 is 0. The standard InChI is InChI=1S/C16H26N2O2/c1-4-20-16-8-6-5-7-14(16)15(17-3)11-18-9-10-19-12-13(18)2/h5-8,13,15,17H,4,9-12H2,1-3H3. The Morgan fingerprint density at radius 3 is 2.95 bits per heavy atom. The minimum absolute atomic E-state index is 0.276. The van der Waals surface area contributed by atoms with E-state index in [1.54, 1.807) is 0 Å². The normalized spacial score (nSPS) is 21.6. The molecule has 1 aliphatic heterocycles. The smallest absolute Gasteiger partial charge is 0.124 e. The molecule has 1 aliphatic rings. The van der Waals surface area contributed by atoms with Crippen molar-refractivity contribution in [3.8, 4) is 5.75 Å². The molecule has 2 atom stereocenters. The summed E-state index contributed by atoms with van der Waals surface area (Å²) < 4.78 is 11.3. The number of likely N-dealkylation sites (N-methyl/N-ethyl adjacent to an activating group) is 1. The van der Waals surface area contributed by atoms with E-state index in [0.717, 1.165) is 32.1 Å². The molecule has 4 nitrogen and oxygen atoms in total. The maximum Gasteiger partial charge on any atom is 0.124 e. The molecule has 2 rings (SSSR count). The fourth-order valence-corrected chi connectivity index (χ4v) is 2.67. The van der Waals surface area contributed by atoms with Crippen molar-refractivity contribution in [2.24, 2.45) is 0 Å². The molecule has 2 unspecified atom stereocenters. The van der Waals surface area contributed by atoms with Crippen molar-refractivity contribution in [1.29, 1.82) is 0 Å². The molecule has 0 spiro atoms. The highest BCUT2D eigenvalue weighted by Gasteiger charge is 2.23. The minimum Gasteiger partial charge on any atom is -0.494 e. The predicted octanol–water partition coefficient (Wildman–Crippen LogP) is 2.07. The zero-order valence-corrected chi connectivity index (χ0v) is 12.8. The van der Waals surface area contributed by atoms with Crippen molar-refractivity contribution in [3.05, 3.63) is 29.8 Å². The number of morpholine rings is 1. The molecule has 1 aromatic carbocycles. The van der Waals surface area contributed by atoms with E-state index in [4.69, 9.17) is 9.47 Å². The number of ether oxygens (including phenoxy) is 2. The van der Waals surface area contributed by atoms with Gasteiger partial charge in [0.25, 0.3) is 0 Å². The maximum absolute atomic E-state index is 5.75. The Hall–Kier alpha value is -1.10. The summed E-state index contributed by atoms with van der Waals surface area (Å²) in [6.45, 7) is 8.57. The van der Waals surface area contributed by atoms with Gasteiger partial charge in [-0.25, -0.2) is 0 Å². The Morgan fingerprint density at radius 1 is 1.45 bits per heavy atom. The number of para-hydroxylation sites is 1. The quantitative estimate of drug-likeness (QED) is 0.863. The van der Waals surface area contributed by atoms with E-state index in [1.807, 2.05) is 26.1 Å². The summed E-state index contributed by atoms with van der Waals surface area (Å²) in [5.41, 5.74) is 1.23. The topological polar surface area (TPSA) is 33.7 Å². The van der Waals surface area contributed by atoms with Gasteiger partial charge in [-0.2, -0.15) is 0 Å². The average Bonchev–Trinajstić information content (AvgIpc) is 2.48. The van der Waals surface area contributed by atoms with E-state index in [2.05, 4.69) is 29.3 Å². The number of nitrogens with one attached hydrogen (secondary N) is 1. The Labute approximate surface area is 122 Å². The first-order valence-corrected chi connectivity index (χ1v) is 7.47. The molecular weight excluding hydrogens is 252 g/mol. The van der Waals surface area contributed by atoms with E-state index in [0.29, 0.717) is 12.6 Å². The van der Waals surface area contributed by atoms with Gasteiger partial charge in [0.2, 0.25) is 0 Å². The molecule has 0 radical (unpaired) electrons. The molecule has 0 aromatic heterocycles. The van der Waals surface area contributed by atoms with E-state index in [-0.39, 0.29) is 6.04 Å². The van der Waals surface area contributed by atoms with Crippen LogP contribution >= 0.6 is 0 Å². The van der Waals surface area contributed by atoms with Crippen molar-refractivity contribution in [3.63, 3.8) is 0 Å². The van der Waals surface area contributed by atoms with Crippen LogP contribution in [0.3, 0.4) is 0 Å². The highest BCUT2D eigenvalue weighted by Crippen LogP contribution is 2.26. The van der Waals surface area contributed by atoms with Crippen LogP contribution in [-0.2, 0) is 4.74 Å². The highest BCUT2D eigenvalue weighted by molar-refractivity contribution is 5.36. The summed E-state index contributed by atoms with van der Waals surface area (Å²) in [6, 6.07) is 9.05. The summed E-state index contributed by atoms with van der Waals surface area (Å²) in [5.74, 6) is 0.982. The Kier molecular flexibility index (Phi) is 5.83. The third-order valence-corrected chi connectivity index (χ3v) is 3.87. The summed E-state index contributed by atoms with van der Waals surface area (Å²) in [5, 5.41) is 3.42.